The molecule has 0 N–H and O–H groups in total. The van der Waals surface area contributed by atoms with E-state index in [1.165, 1.54) is 42.1 Å². The second kappa shape index (κ2) is 9.13. The summed E-state index contributed by atoms with van der Waals surface area (Å²) in [6.07, 6.45) is 2.24. The molecule has 0 aromatic heterocycles. The summed E-state index contributed by atoms with van der Waals surface area (Å²) in [6, 6.07) is 4.61. The summed E-state index contributed by atoms with van der Waals surface area (Å²) >= 11 is 0. The van der Waals surface area contributed by atoms with Crippen LogP contribution in [-0.4, -0.2) is 50.3 Å². The molecule has 2 aliphatic rings. The van der Waals surface area contributed by atoms with E-state index in [4.69, 9.17) is 0 Å². The third-order valence-electron chi connectivity index (χ3n) is 5.79. The van der Waals surface area contributed by atoms with E-state index in [2.05, 4.69) is 4.90 Å². The summed E-state index contributed by atoms with van der Waals surface area (Å²) in [4.78, 5) is 2.50. The van der Waals surface area contributed by atoms with Crippen LogP contribution in [0.5, 0.6) is 0 Å². The lowest BCUT2D eigenvalue weighted by molar-refractivity contribution is -0.137. The lowest BCUT2D eigenvalue weighted by atomic mass is 9.97. The molecule has 2 heterocycles. The Morgan fingerprint density at radius 2 is 1.61 bits per heavy atom. The fourth-order valence-corrected chi connectivity index (χ4v) is 5.74. The molecule has 0 bridgehead atoms. The van der Waals surface area contributed by atoms with E-state index in [1.54, 1.807) is 0 Å². The summed E-state index contributed by atoms with van der Waals surface area (Å²) in [7, 11) is -3.61. The van der Waals surface area contributed by atoms with Crippen molar-refractivity contribution in [1.29, 1.82) is 0 Å². The van der Waals surface area contributed by atoms with Crippen molar-refractivity contribution in [2.45, 2.75) is 50.5 Å². The molecule has 0 spiro atoms. The number of rotatable bonds is 5. The van der Waals surface area contributed by atoms with Gasteiger partial charge < -0.3 is 4.90 Å². The average molecular weight is 419 g/mol. The van der Waals surface area contributed by atoms with Crippen LogP contribution in [0.25, 0.3) is 0 Å². The predicted molar refractivity (Wildman–Crippen MR) is 103 cm³/mol. The SMILES string of the molecule is O=S(=O)(Cc1cccc(C(F)(F)F)c1)N1CCC(CN2CCCCCC2)CC1. The topological polar surface area (TPSA) is 40.6 Å². The second-order valence-electron chi connectivity index (χ2n) is 8.01. The molecule has 0 atom stereocenters. The number of nitrogens with zero attached hydrogens (tertiary/aromatic N) is 2. The summed E-state index contributed by atoms with van der Waals surface area (Å²) in [5.41, 5.74) is -0.627. The van der Waals surface area contributed by atoms with Crippen molar-refractivity contribution in [2.75, 3.05) is 32.7 Å². The summed E-state index contributed by atoms with van der Waals surface area (Å²) < 4.78 is 65.4. The molecule has 2 aliphatic heterocycles. The van der Waals surface area contributed by atoms with Gasteiger partial charge in [0.1, 0.15) is 0 Å². The monoisotopic (exact) mass is 418 g/mol. The highest BCUT2D eigenvalue weighted by Crippen LogP contribution is 2.30. The van der Waals surface area contributed by atoms with Crippen molar-refractivity contribution in [3.63, 3.8) is 0 Å². The van der Waals surface area contributed by atoms with Gasteiger partial charge in [-0.1, -0.05) is 31.0 Å². The summed E-state index contributed by atoms with van der Waals surface area (Å²) in [6.45, 7) is 4.21. The number of likely N-dealkylation sites (tertiary alicyclic amines) is 1. The van der Waals surface area contributed by atoms with Gasteiger partial charge in [-0.2, -0.15) is 13.2 Å². The van der Waals surface area contributed by atoms with Crippen LogP contribution in [0.15, 0.2) is 24.3 Å². The van der Waals surface area contributed by atoms with Crippen LogP contribution >= 0.6 is 0 Å². The maximum atomic E-state index is 12.9. The van der Waals surface area contributed by atoms with E-state index >= 15 is 0 Å². The molecule has 158 valence electrons. The van der Waals surface area contributed by atoms with Crippen LogP contribution in [0.1, 0.15) is 49.7 Å². The molecule has 0 radical (unpaired) electrons. The van der Waals surface area contributed by atoms with E-state index in [1.807, 2.05) is 0 Å². The van der Waals surface area contributed by atoms with E-state index < -0.39 is 21.8 Å². The van der Waals surface area contributed by atoms with Crippen LogP contribution < -0.4 is 0 Å². The zero-order valence-electron chi connectivity index (χ0n) is 16.1. The van der Waals surface area contributed by atoms with Gasteiger partial charge in [0.2, 0.25) is 10.0 Å². The van der Waals surface area contributed by atoms with E-state index in [0.717, 1.165) is 44.6 Å². The Bertz CT molecular complexity index is 736. The molecule has 1 aromatic carbocycles. The van der Waals surface area contributed by atoms with Crippen molar-refractivity contribution in [1.82, 2.24) is 9.21 Å². The van der Waals surface area contributed by atoms with Gasteiger partial charge in [-0.05, 0) is 56.3 Å². The normalized spacial score (nSPS) is 21.5. The molecule has 8 heteroatoms. The van der Waals surface area contributed by atoms with Gasteiger partial charge in [-0.15, -0.1) is 0 Å². The molecular formula is C20H29F3N2O2S. The molecule has 0 aliphatic carbocycles. The first-order valence-electron chi connectivity index (χ1n) is 10.1. The molecule has 2 saturated heterocycles. The fourth-order valence-electron chi connectivity index (χ4n) is 4.19. The molecular weight excluding hydrogens is 389 g/mol. The molecule has 3 rings (SSSR count). The molecule has 1 aromatic rings. The number of sulfonamides is 1. The molecule has 0 saturated carbocycles. The fraction of sp³-hybridized carbons (Fsp3) is 0.700. The minimum Gasteiger partial charge on any atom is -0.303 e. The van der Waals surface area contributed by atoms with Gasteiger partial charge in [0, 0.05) is 19.6 Å². The van der Waals surface area contributed by atoms with Crippen molar-refractivity contribution in [3.8, 4) is 0 Å². The highest BCUT2D eigenvalue weighted by molar-refractivity contribution is 7.88. The zero-order chi connectivity index (χ0) is 20.2. The maximum Gasteiger partial charge on any atom is 0.416 e. The number of alkyl halides is 3. The lowest BCUT2D eigenvalue weighted by Gasteiger charge is -2.34. The van der Waals surface area contributed by atoms with Crippen molar-refractivity contribution >= 4 is 10.0 Å². The van der Waals surface area contributed by atoms with Gasteiger partial charge in [0.25, 0.3) is 0 Å². The largest absolute Gasteiger partial charge is 0.416 e. The number of piperidine rings is 1. The van der Waals surface area contributed by atoms with E-state index in [0.29, 0.717) is 19.0 Å². The summed E-state index contributed by atoms with van der Waals surface area (Å²) in [5.74, 6) is 0.117. The number of benzene rings is 1. The van der Waals surface area contributed by atoms with E-state index in [-0.39, 0.29) is 11.3 Å². The van der Waals surface area contributed by atoms with E-state index in [9.17, 15) is 21.6 Å². The van der Waals surface area contributed by atoms with Crippen LogP contribution in [0.3, 0.4) is 0 Å². The Labute approximate surface area is 165 Å². The highest BCUT2D eigenvalue weighted by Gasteiger charge is 2.32. The van der Waals surface area contributed by atoms with Crippen molar-refractivity contribution < 1.29 is 21.6 Å². The van der Waals surface area contributed by atoms with Gasteiger partial charge in [-0.25, -0.2) is 12.7 Å². The van der Waals surface area contributed by atoms with Gasteiger partial charge >= 0.3 is 6.18 Å². The predicted octanol–water partition coefficient (Wildman–Crippen LogP) is 4.12. The lowest BCUT2D eigenvalue weighted by Crippen LogP contribution is -2.42. The standard InChI is InChI=1S/C20H29F3N2O2S/c21-20(22,23)19-7-5-6-18(14-19)16-28(26,27)25-12-8-17(9-13-25)15-24-10-3-1-2-4-11-24/h5-7,14,17H,1-4,8-13,15-16H2. The smallest absolute Gasteiger partial charge is 0.303 e. The zero-order valence-corrected chi connectivity index (χ0v) is 16.9. The van der Waals surface area contributed by atoms with Crippen molar-refractivity contribution in [3.05, 3.63) is 35.4 Å². The minimum atomic E-state index is -4.47. The van der Waals surface area contributed by atoms with Crippen LogP contribution in [0.4, 0.5) is 13.2 Å². The first kappa shape index (κ1) is 21.6. The molecule has 2 fully saturated rings. The minimum absolute atomic E-state index is 0.182. The Morgan fingerprint density at radius 1 is 0.964 bits per heavy atom. The van der Waals surface area contributed by atoms with Crippen LogP contribution in [0.2, 0.25) is 0 Å². The average Bonchev–Trinajstić information content (AvgIpc) is 2.90. The molecule has 0 unspecified atom stereocenters. The first-order chi connectivity index (χ1) is 13.2. The quantitative estimate of drug-likeness (QED) is 0.722. The third-order valence-corrected chi connectivity index (χ3v) is 7.64. The summed E-state index contributed by atoms with van der Waals surface area (Å²) in [5, 5.41) is 0. The molecule has 4 nitrogen and oxygen atoms in total. The number of hydrogen-bond donors (Lipinski definition) is 0. The first-order valence-corrected chi connectivity index (χ1v) is 11.7. The van der Waals surface area contributed by atoms with Crippen LogP contribution in [-0.2, 0) is 22.0 Å². The Balaban J connectivity index is 1.54. The molecule has 0 amide bonds. The number of hydrogen-bond acceptors (Lipinski definition) is 3. The highest BCUT2D eigenvalue weighted by atomic mass is 32.2. The van der Waals surface area contributed by atoms with Gasteiger partial charge in [0.15, 0.2) is 0 Å². The van der Waals surface area contributed by atoms with Crippen LogP contribution in [0, 0.1) is 5.92 Å². The van der Waals surface area contributed by atoms with Crippen molar-refractivity contribution in [2.24, 2.45) is 5.92 Å². The Kier molecular flexibility index (Phi) is 7.04. The Morgan fingerprint density at radius 3 is 2.21 bits per heavy atom. The van der Waals surface area contributed by atoms with Gasteiger partial charge in [-0.3, -0.25) is 0 Å². The Hall–Kier alpha value is -1.12. The second-order valence-corrected chi connectivity index (χ2v) is 9.98. The third kappa shape index (κ3) is 5.94. The van der Waals surface area contributed by atoms with Gasteiger partial charge in [0.05, 0.1) is 11.3 Å². The molecule has 28 heavy (non-hydrogen) atoms. The number of halogens is 3. The maximum absolute atomic E-state index is 12.9.